The van der Waals surface area contributed by atoms with Crippen LogP contribution in [0.4, 0.5) is 23.4 Å². The van der Waals surface area contributed by atoms with Gasteiger partial charge in [-0.05, 0) is 49.1 Å². The van der Waals surface area contributed by atoms with E-state index in [4.69, 9.17) is 0 Å². The second-order valence-electron chi connectivity index (χ2n) is 8.15. The molecule has 3 atom stereocenters. The largest absolute Gasteiger partial charge is 0.435 e. The zero-order chi connectivity index (χ0) is 23.2. The smallest absolute Gasteiger partial charge is 0.364 e. The van der Waals surface area contributed by atoms with Crippen LogP contribution in [0.1, 0.15) is 28.9 Å². The number of nitrogens with one attached hydrogen (secondary N) is 1. The topological polar surface area (TPSA) is 83.9 Å². The summed E-state index contributed by atoms with van der Waals surface area (Å²) < 4.78 is 52.9. The van der Waals surface area contributed by atoms with E-state index < -0.39 is 17.7 Å². The maximum absolute atomic E-state index is 14.7. The number of nitrogens with zero attached hydrogens (tertiary/aromatic N) is 5. The van der Waals surface area contributed by atoms with Gasteiger partial charge in [0.25, 0.3) is 5.91 Å². The Kier molecular flexibility index (Phi) is 5.18. The van der Waals surface area contributed by atoms with E-state index in [9.17, 15) is 22.4 Å². The molecule has 3 aromatic rings. The number of amides is 1. The van der Waals surface area contributed by atoms with E-state index in [1.165, 1.54) is 30.6 Å². The molecular formula is C22H18F4N6O. The van der Waals surface area contributed by atoms with Crippen molar-refractivity contribution in [1.29, 1.82) is 0 Å². The predicted molar refractivity (Wildman–Crippen MR) is 109 cm³/mol. The Labute approximate surface area is 185 Å². The van der Waals surface area contributed by atoms with Gasteiger partial charge in [-0.1, -0.05) is 6.07 Å². The summed E-state index contributed by atoms with van der Waals surface area (Å²) in [4.78, 5) is 23.3. The van der Waals surface area contributed by atoms with E-state index in [1.54, 1.807) is 17.0 Å². The molecule has 1 saturated heterocycles. The SMILES string of the molecule is O=C(c1cccc(F)c1-c1ncccn1)N1C[C@H]2C[C@@H](Nc3ccc(C(F)(F)F)nn3)[C@@H]1C2. The lowest BCUT2D eigenvalue weighted by molar-refractivity contribution is -0.141. The van der Waals surface area contributed by atoms with Crippen LogP contribution in [0, 0.1) is 11.7 Å². The minimum absolute atomic E-state index is 0.0454. The number of likely N-dealkylation sites (tertiary alicyclic amines) is 1. The molecule has 1 N–H and O–H groups in total. The van der Waals surface area contributed by atoms with Gasteiger partial charge in [0.1, 0.15) is 11.6 Å². The molecule has 3 heterocycles. The number of rotatable bonds is 4. The van der Waals surface area contributed by atoms with Gasteiger partial charge in [0.2, 0.25) is 0 Å². The highest BCUT2D eigenvalue weighted by Crippen LogP contribution is 2.40. The average molecular weight is 458 g/mol. The summed E-state index contributed by atoms with van der Waals surface area (Å²) in [5.74, 6) is -0.375. The quantitative estimate of drug-likeness (QED) is 0.599. The van der Waals surface area contributed by atoms with Gasteiger partial charge in [0.15, 0.2) is 11.5 Å². The first kappa shape index (κ1) is 21.2. The first-order chi connectivity index (χ1) is 15.8. The highest BCUT2D eigenvalue weighted by Gasteiger charge is 2.47. The van der Waals surface area contributed by atoms with Crippen molar-refractivity contribution >= 4 is 11.7 Å². The molecule has 7 nitrogen and oxygen atoms in total. The van der Waals surface area contributed by atoms with Crippen molar-refractivity contribution in [2.45, 2.75) is 31.1 Å². The van der Waals surface area contributed by atoms with Crippen molar-refractivity contribution in [3.8, 4) is 11.4 Å². The highest BCUT2D eigenvalue weighted by molar-refractivity contribution is 6.00. The Bertz CT molecular complexity index is 1170. The molecule has 0 unspecified atom stereocenters. The molecule has 33 heavy (non-hydrogen) atoms. The van der Waals surface area contributed by atoms with Crippen LogP contribution < -0.4 is 5.32 Å². The number of halogens is 4. The summed E-state index contributed by atoms with van der Waals surface area (Å²) in [5, 5.41) is 9.98. The minimum Gasteiger partial charge on any atom is -0.364 e. The third-order valence-corrected chi connectivity index (χ3v) is 6.06. The van der Waals surface area contributed by atoms with Crippen molar-refractivity contribution in [3.63, 3.8) is 0 Å². The van der Waals surface area contributed by atoms with Gasteiger partial charge in [-0.2, -0.15) is 13.2 Å². The van der Waals surface area contributed by atoms with Crippen molar-refractivity contribution < 1.29 is 22.4 Å². The van der Waals surface area contributed by atoms with Crippen LogP contribution >= 0.6 is 0 Å². The molecule has 0 spiro atoms. The normalized spacial score (nSPS) is 21.9. The first-order valence-electron chi connectivity index (χ1n) is 10.4. The molecule has 1 aliphatic heterocycles. The molecule has 0 radical (unpaired) electrons. The van der Waals surface area contributed by atoms with Gasteiger partial charge in [-0.15, -0.1) is 10.2 Å². The number of alkyl halides is 3. The van der Waals surface area contributed by atoms with E-state index in [0.29, 0.717) is 6.54 Å². The van der Waals surface area contributed by atoms with Crippen LogP contribution in [0.15, 0.2) is 48.8 Å². The first-order valence-corrected chi connectivity index (χ1v) is 10.4. The molecule has 2 aliphatic rings. The third-order valence-electron chi connectivity index (χ3n) is 6.06. The van der Waals surface area contributed by atoms with Crippen LogP contribution in [-0.2, 0) is 6.18 Å². The molecule has 1 amide bonds. The number of anilines is 1. The monoisotopic (exact) mass is 458 g/mol. The second kappa shape index (κ2) is 8.05. The Morgan fingerprint density at radius 2 is 1.82 bits per heavy atom. The number of hydrogen-bond acceptors (Lipinski definition) is 6. The number of benzene rings is 1. The Morgan fingerprint density at radius 1 is 1.03 bits per heavy atom. The van der Waals surface area contributed by atoms with Crippen molar-refractivity contribution in [3.05, 3.63) is 65.9 Å². The lowest BCUT2D eigenvalue weighted by Gasteiger charge is -2.34. The maximum atomic E-state index is 14.7. The molecule has 170 valence electrons. The maximum Gasteiger partial charge on any atom is 0.435 e. The summed E-state index contributed by atoms with van der Waals surface area (Å²) in [7, 11) is 0. The molecule has 2 fully saturated rings. The van der Waals surface area contributed by atoms with Gasteiger partial charge < -0.3 is 10.2 Å². The minimum atomic E-state index is -4.56. The van der Waals surface area contributed by atoms with Gasteiger partial charge in [0, 0.05) is 25.0 Å². The van der Waals surface area contributed by atoms with Crippen LogP contribution in [0.25, 0.3) is 11.4 Å². The summed E-state index contributed by atoms with van der Waals surface area (Å²) in [6.07, 6.45) is -0.122. The van der Waals surface area contributed by atoms with Crippen LogP contribution in [0.3, 0.4) is 0 Å². The Morgan fingerprint density at radius 3 is 2.48 bits per heavy atom. The predicted octanol–water partition coefficient (Wildman–Crippen LogP) is 3.81. The molecule has 1 aromatic carbocycles. The van der Waals surface area contributed by atoms with E-state index in [1.807, 2.05) is 0 Å². The number of carbonyl (C=O) groups is 1. The summed E-state index contributed by atoms with van der Waals surface area (Å²) >= 11 is 0. The van der Waals surface area contributed by atoms with Crippen molar-refractivity contribution in [2.75, 3.05) is 11.9 Å². The van der Waals surface area contributed by atoms with Crippen LogP contribution in [0.5, 0.6) is 0 Å². The fraction of sp³-hybridized carbons (Fsp3) is 0.318. The summed E-state index contributed by atoms with van der Waals surface area (Å²) in [6.45, 7) is 0.520. The molecule has 1 aliphatic carbocycles. The Balaban J connectivity index is 1.38. The van der Waals surface area contributed by atoms with Crippen LogP contribution in [0.2, 0.25) is 0 Å². The number of piperidine rings is 1. The van der Waals surface area contributed by atoms with Crippen molar-refractivity contribution in [2.24, 2.45) is 5.92 Å². The number of fused-ring (bicyclic) bond motifs is 2. The molecule has 1 saturated carbocycles. The van der Waals surface area contributed by atoms with Gasteiger partial charge in [-0.25, -0.2) is 14.4 Å². The van der Waals surface area contributed by atoms with Gasteiger partial charge in [0.05, 0.1) is 17.2 Å². The van der Waals surface area contributed by atoms with E-state index in [0.717, 1.165) is 18.9 Å². The molecule has 2 bridgehead atoms. The highest BCUT2D eigenvalue weighted by atomic mass is 19.4. The third kappa shape index (κ3) is 3.98. The van der Waals surface area contributed by atoms with Gasteiger partial charge >= 0.3 is 6.18 Å². The zero-order valence-corrected chi connectivity index (χ0v) is 17.1. The van der Waals surface area contributed by atoms with E-state index in [2.05, 4.69) is 25.5 Å². The zero-order valence-electron chi connectivity index (χ0n) is 17.1. The molecular weight excluding hydrogens is 440 g/mol. The van der Waals surface area contributed by atoms with Crippen LogP contribution in [-0.4, -0.2) is 49.6 Å². The fourth-order valence-corrected chi connectivity index (χ4v) is 4.68. The fourth-order valence-electron chi connectivity index (χ4n) is 4.68. The standard InChI is InChI=1S/C22H18F4N6O/c23-14-4-1-3-13(19(14)20-27-7-2-8-28-20)21(33)32-11-12-9-15(16(32)10-12)29-18-6-5-17(30-31-18)22(24,25)26/h1-8,12,15-16H,9-11H2,(H,29,31)/t12-,15+,16-/m0/s1. The van der Waals surface area contributed by atoms with E-state index >= 15 is 0 Å². The lowest BCUT2D eigenvalue weighted by Crippen LogP contribution is -2.48. The van der Waals surface area contributed by atoms with Gasteiger partial charge in [-0.3, -0.25) is 4.79 Å². The lowest BCUT2D eigenvalue weighted by atomic mass is 10.0. The average Bonchev–Trinajstić information content (AvgIpc) is 3.39. The number of aromatic nitrogens is 4. The second-order valence-corrected chi connectivity index (χ2v) is 8.15. The summed E-state index contributed by atoms with van der Waals surface area (Å²) in [5.41, 5.74) is -0.856. The summed E-state index contributed by atoms with van der Waals surface area (Å²) in [6, 6.07) is 7.56. The molecule has 2 aromatic heterocycles. The van der Waals surface area contributed by atoms with Crippen molar-refractivity contribution in [1.82, 2.24) is 25.1 Å². The molecule has 5 rings (SSSR count). The Hall–Kier alpha value is -3.63. The number of carbonyl (C=O) groups excluding carboxylic acids is 1. The molecule has 11 heteroatoms. The van der Waals surface area contributed by atoms with E-state index in [-0.39, 0.29) is 46.7 Å². The number of hydrogen-bond donors (Lipinski definition) is 1.